The number of phenols is 1. The molecule has 1 heterocycles. The van der Waals surface area contributed by atoms with Crippen LogP contribution in [0.5, 0.6) is 5.75 Å². The van der Waals surface area contributed by atoms with E-state index >= 15 is 0 Å². The molecule has 5 nitrogen and oxygen atoms in total. The third-order valence-corrected chi connectivity index (χ3v) is 3.10. The second-order valence-corrected chi connectivity index (χ2v) is 5.05. The number of ether oxygens (including phenoxy) is 1. The molecule has 2 rings (SSSR count). The molecule has 104 valence electrons. The highest BCUT2D eigenvalue weighted by Gasteiger charge is 2.40. The van der Waals surface area contributed by atoms with Gasteiger partial charge >= 0.3 is 5.97 Å². The SMILES string of the molecule is CC1(OCC(=O)O)CN(Cc2cc(F)ccc2O)C1. The molecule has 0 spiro atoms. The first kappa shape index (κ1) is 13.8. The monoisotopic (exact) mass is 269 g/mol. The van der Waals surface area contributed by atoms with Gasteiger partial charge in [0.2, 0.25) is 0 Å². The molecule has 1 aromatic rings. The first-order valence-electron chi connectivity index (χ1n) is 5.93. The minimum Gasteiger partial charge on any atom is -0.508 e. The zero-order valence-corrected chi connectivity index (χ0v) is 10.6. The molecule has 1 saturated heterocycles. The molecule has 1 aromatic carbocycles. The molecule has 0 amide bonds. The number of aromatic hydroxyl groups is 1. The molecule has 0 bridgehead atoms. The molecule has 1 aliphatic rings. The molecule has 0 atom stereocenters. The third kappa shape index (κ3) is 3.42. The minimum atomic E-state index is -0.998. The Balaban J connectivity index is 1.87. The van der Waals surface area contributed by atoms with Crippen molar-refractivity contribution in [2.75, 3.05) is 19.7 Å². The fraction of sp³-hybridized carbons (Fsp3) is 0.462. The number of hydrogen-bond donors (Lipinski definition) is 2. The van der Waals surface area contributed by atoms with Gasteiger partial charge in [0.25, 0.3) is 0 Å². The van der Waals surface area contributed by atoms with Gasteiger partial charge in [-0.25, -0.2) is 9.18 Å². The van der Waals surface area contributed by atoms with Crippen LogP contribution in [0, 0.1) is 5.82 Å². The van der Waals surface area contributed by atoms with Crippen LogP contribution in [0.2, 0.25) is 0 Å². The molecule has 0 saturated carbocycles. The van der Waals surface area contributed by atoms with Crippen molar-refractivity contribution in [3.05, 3.63) is 29.6 Å². The van der Waals surface area contributed by atoms with E-state index in [9.17, 15) is 14.3 Å². The van der Waals surface area contributed by atoms with Gasteiger partial charge < -0.3 is 14.9 Å². The number of aliphatic carboxylic acids is 1. The van der Waals surface area contributed by atoms with Gasteiger partial charge in [-0.05, 0) is 25.1 Å². The van der Waals surface area contributed by atoms with E-state index in [0.29, 0.717) is 25.2 Å². The summed E-state index contributed by atoms with van der Waals surface area (Å²) in [5, 5.41) is 18.2. The second-order valence-electron chi connectivity index (χ2n) is 5.05. The predicted molar refractivity (Wildman–Crippen MR) is 65.3 cm³/mol. The Hall–Kier alpha value is -1.66. The van der Waals surface area contributed by atoms with Crippen molar-refractivity contribution in [3.8, 4) is 5.75 Å². The Labute approximate surface area is 110 Å². The van der Waals surface area contributed by atoms with Crippen molar-refractivity contribution in [2.45, 2.75) is 19.1 Å². The van der Waals surface area contributed by atoms with Crippen LogP contribution in [0.3, 0.4) is 0 Å². The summed E-state index contributed by atoms with van der Waals surface area (Å²) in [5.41, 5.74) is 0.0294. The topological polar surface area (TPSA) is 70.0 Å². The quantitative estimate of drug-likeness (QED) is 0.840. The molecule has 1 fully saturated rings. The smallest absolute Gasteiger partial charge is 0.329 e. The van der Waals surface area contributed by atoms with Crippen LogP contribution in [0.4, 0.5) is 4.39 Å². The molecule has 0 unspecified atom stereocenters. The number of likely N-dealkylation sites (tertiary alicyclic amines) is 1. The zero-order chi connectivity index (χ0) is 14.0. The van der Waals surface area contributed by atoms with E-state index in [1.54, 1.807) is 0 Å². The number of benzene rings is 1. The Kier molecular flexibility index (Phi) is 3.73. The normalized spacial score (nSPS) is 18.0. The van der Waals surface area contributed by atoms with Gasteiger partial charge in [0.1, 0.15) is 18.2 Å². The number of hydrogen-bond acceptors (Lipinski definition) is 4. The Morgan fingerprint density at radius 3 is 2.84 bits per heavy atom. The van der Waals surface area contributed by atoms with Crippen molar-refractivity contribution < 1.29 is 24.1 Å². The largest absolute Gasteiger partial charge is 0.508 e. The van der Waals surface area contributed by atoms with Gasteiger partial charge in [0.05, 0.1) is 5.60 Å². The standard InChI is InChI=1S/C13H16FNO4/c1-13(19-6-12(17)18)7-15(8-13)5-9-4-10(14)2-3-11(9)16/h2-4,16H,5-8H2,1H3,(H,17,18). The van der Waals surface area contributed by atoms with Gasteiger partial charge in [-0.1, -0.05) is 0 Å². The maximum Gasteiger partial charge on any atom is 0.329 e. The summed E-state index contributed by atoms with van der Waals surface area (Å²) in [6.07, 6.45) is 0. The van der Waals surface area contributed by atoms with E-state index in [1.165, 1.54) is 18.2 Å². The minimum absolute atomic E-state index is 0.0569. The molecule has 0 aromatic heterocycles. The predicted octanol–water partition coefficient (Wildman–Crippen LogP) is 1.21. The summed E-state index contributed by atoms with van der Waals surface area (Å²) in [6.45, 7) is 3.02. The van der Waals surface area contributed by atoms with Crippen LogP contribution in [-0.4, -0.2) is 46.4 Å². The highest BCUT2D eigenvalue weighted by atomic mass is 19.1. The zero-order valence-electron chi connectivity index (χ0n) is 10.6. The van der Waals surface area contributed by atoms with Crippen LogP contribution in [0.25, 0.3) is 0 Å². The lowest BCUT2D eigenvalue weighted by Gasteiger charge is -2.47. The van der Waals surface area contributed by atoms with E-state index in [-0.39, 0.29) is 12.4 Å². The number of rotatable bonds is 5. The number of carbonyl (C=O) groups is 1. The number of phenolic OH excluding ortho intramolecular Hbond substituents is 1. The lowest BCUT2D eigenvalue weighted by Crippen LogP contribution is -2.61. The van der Waals surface area contributed by atoms with Crippen LogP contribution < -0.4 is 0 Å². The summed E-state index contributed by atoms with van der Waals surface area (Å²) in [5.74, 6) is -1.33. The average Bonchev–Trinajstić information content (AvgIpc) is 2.29. The maximum atomic E-state index is 13.1. The summed E-state index contributed by atoms with van der Waals surface area (Å²) in [4.78, 5) is 12.4. The molecular formula is C13H16FNO4. The number of carboxylic acid groups (broad SMARTS) is 1. The van der Waals surface area contributed by atoms with E-state index in [4.69, 9.17) is 9.84 Å². The number of nitrogens with zero attached hydrogens (tertiary/aromatic N) is 1. The fourth-order valence-corrected chi connectivity index (χ4v) is 2.26. The average molecular weight is 269 g/mol. The lowest BCUT2D eigenvalue weighted by atomic mass is 9.95. The summed E-state index contributed by atoms with van der Waals surface area (Å²) in [7, 11) is 0. The van der Waals surface area contributed by atoms with Gasteiger partial charge in [-0.3, -0.25) is 4.90 Å². The first-order valence-corrected chi connectivity index (χ1v) is 5.93. The van der Waals surface area contributed by atoms with Crippen LogP contribution in [-0.2, 0) is 16.1 Å². The van der Waals surface area contributed by atoms with Crippen LogP contribution in [0.15, 0.2) is 18.2 Å². The van der Waals surface area contributed by atoms with Crippen molar-refractivity contribution in [3.63, 3.8) is 0 Å². The van der Waals surface area contributed by atoms with Gasteiger partial charge in [0.15, 0.2) is 0 Å². The summed E-state index contributed by atoms with van der Waals surface area (Å²) >= 11 is 0. The van der Waals surface area contributed by atoms with E-state index in [0.717, 1.165) is 0 Å². The number of carboxylic acids is 1. The molecule has 0 radical (unpaired) electrons. The Morgan fingerprint density at radius 2 is 2.21 bits per heavy atom. The molecule has 2 N–H and O–H groups in total. The molecule has 6 heteroatoms. The van der Waals surface area contributed by atoms with E-state index in [2.05, 4.69) is 0 Å². The van der Waals surface area contributed by atoms with Crippen LogP contribution >= 0.6 is 0 Å². The first-order chi connectivity index (χ1) is 8.88. The molecule has 0 aliphatic carbocycles. The Bertz CT molecular complexity index is 486. The van der Waals surface area contributed by atoms with E-state index < -0.39 is 17.4 Å². The van der Waals surface area contributed by atoms with Crippen molar-refractivity contribution in [1.29, 1.82) is 0 Å². The van der Waals surface area contributed by atoms with Crippen molar-refractivity contribution >= 4 is 5.97 Å². The maximum absolute atomic E-state index is 13.1. The molecule has 19 heavy (non-hydrogen) atoms. The second kappa shape index (κ2) is 5.14. The summed E-state index contributed by atoms with van der Waals surface area (Å²) < 4.78 is 18.3. The lowest BCUT2D eigenvalue weighted by molar-refractivity contribution is -0.165. The highest BCUT2D eigenvalue weighted by Crippen LogP contribution is 2.28. The fourth-order valence-electron chi connectivity index (χ4n) is 2.26. The molecular weight excluding hydrogens is 253 g/mol. The van der Waals surface area contributed by atoms with Gasteiger partial charge in [-0.15, -0.1) is 0 Å². The van der Waals surface area contributed by atoms with Crippen molar-refractivity contribution in [2.24, 2.45) is 0 Å². The molecule has 1 aliphatic heterocycles. The van der Waals surface area contributed by atoms with Gasteiger partial charge in [-0.2, -0.15) is 0 Å². The van der Waals surface area contributed by atoms with Crippen molar-refractivity contribution in [1.82, 2.24) is 4.90 Å². The Morgan fingerprint density at radius 1 is 1.53 bits per heavy atom. The number of halogens is 1. The third-order valence-electron chi connectivity index (χ3n) is 3.10. The van der Waals surface area contributed by atoms with E-state index in [1.807, 2.05) is 11.8 Å². The van der Waals surface area contributed by atoms with Gasteiger partial charge in [0, 0.05) is 25.2 Å². The highest BCUT2D eigenvalue weighted by molar-refractivity contribution is 5.68. The summed E-state index contributed by atoms with van der Waals surface area (Å²) in [6, 6.07) is 3.82. The van der Waals surface area contributed by atoms with Crippen LogP contribution in [0.1, 0.15) is 12.5 Å².